The standard InChI is InChI=1S/C13H23NO2/c1-4-11(13(15)16)5-7-14-8-6-12(9-14)10(2)3/h5,10,12H,4,6-9H2,1-3H3,(H,15,16). The van der Waals surface area contributed by atoms with Gasteiger partial charge in [0.25, 0.3) is 0 Å². The van der Waals surface area contributed by atoms with E-state index in [1.807, 2.05) is 13.0 Å². The van der Waals surface area contributed by atoms with Crippen LogP contribution in [0.25, 0.3) is 0 Å². The molecule has 0 bridgehead atoms. The number of carbonyl (C=O) groups is 1. The van der Waals surface area contributed by atoms with Crippen molar-refractivity contribution in [3.8, 4) is 0 Å². The summed E-state index contributed by atoms with van der Waals surface area (Å²) in [6.07, 6.45) is 3.72. The fraction of sp³-hybridized carbons (Fsp3) is 0.769. The van der Waals surface area contributed by atoms with Gasteiger partial charge in [0.05, 0.1) is 0 Å². The van der Waals surface area contributed by atoms with Crippen molar-refractivity contribution in [3.63, 3.8) is 0 Å². The molecule has 0 saturated carbocycles. The van der Waals surface area contributed by atoms with Crippen LogP contribution in [0.15, 0.2) is 11.6 Å². The first kappa shape index (κ1) is 13.2. The van der Waals surface area contributed by atoms with Crippen LogP contribution in [-0.4, -0.2) is 35.6 Å². The molecule has 1 atom stereocenters. The van der Waals surface area contributed by atoms with E-state index in [9.17, 15) is 4.79 Å². The van der Waals surface area contributed by atoms with Crippen LogP contribution in [0.4, 0.5) is 0 Å². The van der Waals surface area contributed by atoms with Gasteiger partial charge in [0.2, 0.25) is 0 Å². The summed E-state index contributed by atoms with van der Waals surface area (Å²) in [6.45, 7) is 9.43. The number of hydrogen-bond donors (Lipinski definition) is 1. The lowest BCUT2D eigenvalue weighted by Gasteiger charge is -2.16. The van der Waals surface area contributed by atoms with E-state index >= 15 is 0 Å². The predicted molar refractivity (Wildman–Crippen MR) is 65.4 cm³/mol. The fourth-order valence-electron chi connectivity index (χ4n) is 2.19. The number of rotatable bonds is 5. The molecule has 1 saturated heterocycles. The number of carboxylic acid groups (broad SMARTS) is 1. The van der Waals surface area contributed by atoms with Crippen molar-refractivity contribution in [3.05, 3.63) is 11.6 Å². The minimum Gasteiger partial charge on any atom is -0.478 e. The summed E-state index contributed by atoms with van der Waals surface area (Å²) in [5.74, 6) is 0.740. The Morgan fingerprint density at radius 1 is 1.56 bits per heavy atom. The van der Waals surface area contributed by atoms with E-state index in [1.165, 1.54) is 6.42 Å². The van der Waals surface area contributed by atoms with Gasteiger partial charge in [-0.2, -0.15) is 0 Å². The van der Waals surface area contributed by atoms with E-state index in [4.69, 9.17) is 5.11 Å². The summed E-state index contributed by atoms with van der Waals surface area (Å²) in [5, 5.41) is 8.90. The highest BCUT2D eigenvalue weighted by atomic mass is 16.4. The second kappa shape index (κ2) is 6.04. The van der Waals surface area contributed by atoms with Crippen molar-refractivity contribution in [2.45, 2.75) is 33.6 Å². The van der Waals surface area contributed by atoms with E-state index in [1.54, 1.807) is 0 Å². The number of hydrogen-bond acceptors (Lipinski definition) is 2. The molecule has 1 N–H and O–H groups in total. The third-order valence-corrected chi connectivity index (χ3v) is 3.50. The van der Waals surface area contributed by atoms with Gasteiger partial charge in [0.1, 0.15) is 0 Å². The quantitative estimate of drug-likeness (QED) is 0.730. The molecule has 0 spiro atoms. The molecule has 0 amide bonds. The van der Waals surface area contributed by atoms with Crippen molar-refractivity contribution in [1.82, 2.24) is 4.90 Å². The van der Waals surface area contributed by atoms with Gasteiger partial charge in [0, 0.05) is 18.7 Å². The Kier molecular flexibility index (Phi) is 5.00. The molecule has 1 aliphatic heterocycles. The largest absolute Gasteiger partial charge is 0.478 e. The van der Waals surface area contributed by atoms with Crippen LogP contribution in [0.3, 0.4) is 0 Å². The van der Waals surface area contributed by atoms with Crippen LogP contribution in [0.5, 0.6) is 0 Å². The Balaban J connectivity index is 2.42. The van der Waals surface area contributed by atoms with Crippen LogP contribution in [-0.2, 0) is 4.79 Å². The highest BCUT2D eigenvalue weighted by Crippen LogP contribution is 2.23. The first-order valence-corrected chi connectivity index (χ1v) is 6.19. The van der Waals surface area contributed by atoms with E-state index in [-0.39, 0.29) is 0 Å². The average molecular weight is 225 g/mol. The summed E-state index contributed by atoms with van der Waals surface area (Å²) in [5.41, 5.74) is 0.535. The van der Waals surface area contributed by atoms with Gasteiger partial charge >= 0.3 is 5.97 Å². The molecular weight excluding hydrogens is 202 g/mol. The summed E-state index contributed by atoms with van der Waals surface area (Å²) < 4.78 is 0. The molecule has 3 nitrogen and oxygen atoms in total. The lowest BCUT2D eigenvalue weighted by molar-refractivity contribution is -0.132. The third-order valence-electron chi connectivity index (χ3n) is 3.50. The summed E-state index contributed by atoms with van der Waals surface area (Å²) in [4.78, 5) is 13.2. The van der Waals surface area contributed by atoms with Crippen LogP contribution < -0.4 is 0 Å². The summed E-state index contributed by atoms with van der Waals surface area (Å²) >= 11 is 0. The second-order valence-corrected chi connectivity index (χ2v) is 4.94. The van der Waals surface area contributed by atoms with Crippen LogP contribution in [0.2, 0.25) is 0 Å². The minimum absolute atomic E-state index is 0.535. The second-order valence-electron chi connectivity index (χ2n) is 4.94. The lowest BCUT2D eigenvalue weighted by atomic mass is 9.95. The molecule has 0 radical (unpaired) electrons. The van der Waals surface area contributed by atoms with Gasteiger partial charge in [-0.3, -0.25) is 4.90 Å². The Labute approximate surface area is 98.1 Å². The monoisotopic (exact) mass is 225 g/mol. The molecule has 0 aromatic rings. The van der Waals surface area contributed by atoms with E-state index in [2.05, 4.69) is 18.7 Å². The maximum Gasteiger partial charge on any atom is 0.331 e. The van der Waals surface area contributed by atoms with Crippen LogP contribution in [0, 0.1) is 11.8 Å². The summed E-state index contributed by atoms with van der Waals surface area (Å²) in [6, 6.07) is 0. The van der Waals surface area contributed by atoms with Crippen molar-refractivity contribution in [2.24, 2.45) is 11.8 Å². The van der Waals surface area contributed by atoms with Crippen molar-refractivity contribution < 1.29 is 9.90 Å². The minimum atomic E-state index is -0.776. The molecule has 16 heavy (non-hydrogen) atoms. The molecule has 1 heterocycles. The Morgan fingerprint density at radius 3 is 2.69 bits per heavy atom. The van der Waals surface area contributed by atoms with Crippen LogP contribution >= 0.6 is 0 Å². The smallest absolute Gasteiger partial charge is 0.331 e. The zero-order chi connectivity index (χ0) is 12.1. The van der Waals surface area contributed by atoms with Gasteiger partial charge in [-0.15, -0.1) is 0 Å². The average Bonchev–Trinajstić information content (AvgIpc) is 2.67. The van der Waals surface area contributed by atoms with E-state index < -0.39 is 5.97 Å². The Hall–Kier alpha value is -0.830. The Morgan fingerprint density at radius 2 is 2.25 bits per heavy atom. The van der Waals surface area contributed by atoms with E-state index in [0.29, 0.717) is 12.0 Å². The van der Waals surface area contributed by atoms with Gasteiger partial charge in [0.15, 0.2) is 0 Å². The lowest BCUT2D eigenvalue weighted by Crippen LogP contribution is -2.22. The molecular formula is C13H23NO2. The molecule has 0 aliphatic carbocycles. The topological polar surface area (TPSA) is 40.5 Å². The fourth-order valence-corrected chi connectivity index (χ4v) is 2.19. The SMILES string of the molecule is CCC(=CCN1CCC(C(C)C)C1)C(=O)O. The molecule has 92 valence electrons. The third kappa shape index (κ3) is 3.63. The molecule has 0 aromatic carbocycles. The van der Waals surface area contributed by atoms with Gasteiger partial charge < -0.3 is 5.11 Å². The number of carboxylic acids is 1. The van der Waals surface area contributed by atoms with Crippen molar-refractivity contribution in [1.29, 1.82) is 0 Å². The van der Waals surface area contributed by atoms with Crippen molar-refractivity contribution in [2.75, 3.05) is 19.6 Å². The molecule has 1 unspecified atom stereocenters. The maximum atomic E-state index is 10.8. The molecule has 3 heteroatoms. The number of aliphatic carboxylic acids is 1. The first-order chi connectivity index (χ1) is 7.54. The molecule has 1 aliphatic rings. The van der Waals surface area contributed by atoms with Crippen molar-refractivity contribution >= 4 is 5.97 Å². The van der Waals surface area contributed by atoms with Crippen LogP contribution in [0.1, 0.15) is 33.6 Å². The van der Waals surface area contributed by atoms with Gasteiger partial charge in [-0.1, -0.05) is 26.8 Å². The first-order valence-electron chi connectivity index (χ1n) is 6.19. The van der Waals surface area contributed by atoms with Gasteiger partial charge in [-0.25, -0.2) is 4.79 Å². The zero-order valence-electron chi connectivity index (χ0n) is 10.6. The van der Waals surface area contributed by atoms with E-state index in [0.717, 1.165) is 31.5 Å². The molecule has 1 rings (SSSR count). The molecule has 0 aromatic heterocycles. The Bertz CT molecular complexity index is 271. The highest BCUT2D eigenvalue weighted by molar-refractivity contribution is 5.86. The zero-order valence-corrected chi connectivity index (χ0v) is 10.6. The molecule has 1 fully saturated rings. The van der Waals surface area contributed by atoms with Gasteiger partial charge in [-0.05, 0) is 31.2 Å². The maximum absolute atomic E-state index is 10.8. The normalized spacial score (nSPS) is 23.0. The number of nitrogens with zero attached hydrogens (tertiary/aromatic N) is 1. The predicted octanol–water partition coefficient (Wildman–Crippen LogP) is 2.39. The summed E-state index contributed by atoms with van der Waals surface area (Å²) in [7, 11) is 0. The number of likely N-dealkylation sites (tertiary alicyclic amines) is 1. The highest BCUT2D eigenvalue weighted by Gasteiger charge is 2.23.